The summed E-state index contributed by atoms with van der Waals surface area (Å²) in [5, 5.41) is 11.9. The molecule has 2 aromatic rings. The van der Waals surface area contributed by atoms with Crippen LogP contribution in [0.2, 0.25) is 5.02 Å². The fourth-order valence-corrected chi connectivity index (χ4v) is 2.46. The molecule has 1 atom stereocenters. The van der Waals surface area contributed by atoms with Crippen molar-refractivity contribution in [1.82, 2.24) is 9.88 Å². The molecule has 102 valence electrons. The Balaban J connectivity index is 2.12. The van der Waals surface area contributed by atoms with Crippen LogP contribution < -0.4 is 0 Å². The number of aliphatic hydroxyl groups is 1. The molecule has 3 rings (SSSR count). The molecule has 0 amide bonds. The zero-order chi connectivity index (χ0) is 14.0. The van der Waals surface area contributed by atoms with Gasteiger partial charge >= 0.3 is 0 Å². The molecule has 0 aliphatic carbocycles. The van der Waals surface area contributed by atoms with Gasteiger partial charge in [-0.1, -0.05) is 29.8 Å². The van der Waals surface area contributed by atoms with E-state index in [1.165, 1.54) is 0 Å². The summed E-state index contributed by atoms with van der Waals surface area (Å²) < 4.78 is 0. The standard InChI is InChI=1S/C15H14ClN3O/c16-13-6-4-12(5-7-13)15(20,19-10-9-17-11-19)14-3-1-2-8-18-14/h1-8,11,20H,9-10H2. The van der Waals surface area contributed by atoms with Crippen LogP contribution in [0.25, 0.3) is 0 Å². The Morgan fingerprint density at radius 2 is 1.95 bits per heavy atom. The number of aliphatic imine (C=N–C) groups is 1. The molecule has 1 aliphatic rings. The summed E-state index contributed by atoms with van der Waals surface area (Å²) in [5.41, 5.74) is -0.0455. The number of nitrogens with zero attached hydrogens (tertiary/aromatic N) is 3. The second-order valence-corrected chi connectivity index (χ2v) is 5.05. The van der Waals surface area contributed by atoms with Crippen LogP contribution in [0.15, 0.2) is 53.7 Å². The van der Waals surface area contributed by atoms with Gasteiger partial charge in [-0.2, -0.15) is 0 Å². The molecule has 5 heteroatoms. The van der Waals surface area contributed by atoms with Gasteiger partial charge in [0.05, 0.1) is 18.6 Å². The first kappa shape index (κ1) is 13.1. The summed E-state index contributed by atoms with van der Waals surface area (Å²) in [5.74, 6) is 0. The Morgan fingerprint density at radius 3 is 2.55 bits per heavy atom. The van der Waals surface area contributed by atoms with Crippen LogP contribution >= 0.6 is 11.6 Å². The van der Waals surface area contributed by atoms with Gasteiger partial charge in [0.25, 0.3) is 0 Å². The first-order chi connectivity index (χ1) is 9.71. The minimum Gasteiger partial charge on any atom is -0.362 e. The number of halogens is 1. The Labute approximate surface area is 122 Å². The molecule has 0 fully saturated rings. The SMILES string of the molecule is OC(c1ccc(Cl)cc1)(c1ccccn1)N1C=NCC1. The van der Waals surface area contributed by atoms with E-state index in [2.05, 4.69) is 9.98 Å². The summed E-state index contributed by atoms with van der Waals surface area (Å²) >= 11 is 5.93. The highest BCUT2D eigenvalue weighted by molar-refractivity contribution is 6.30. The van der Waals surface area contributed by atoms with Crippen LogP contribution in [-0.2, 0) is 5.72 Å². The van der Waals surface area contributed by atoms with Crippen molar-refractivity contribution in [3.05, 3.63) is 64.9 Å². The van der Waals surface area contributed by atoms with Crippen LogP contribution in [0.4, 0.5) is 0 Å². The molecule has 20 heavy (non-hydrogen) atoms. The van der Waals surface area contributed by atoms with Gasteiger partial charge in [0.15, 0.2) is 0 Å². The van der Waals surface area contributed by atoms with E-state index in [1.54, 1.807) is 35.6 Å². The Morgan fingerprint density at radius 1 is 1.15 bits per heavy atom. The first-order valence-electron chi connectivity index (χ1n) is 6.38. The molecule has 0 saturated heterocycles. The monoisotopic (exact) mass is 287 g/mol. The van der Waals surface area contributed by atoms with Crippen LogP contribution in [0, 0.1) is 0 Å². The second-order valence-electron chi connectivity index (χ2n) is 4.61. The van der Waals surface area contributed by atoms with E-state index in [-0.39, 0.29) is 0 Å². The first-order valence-corrected chi connectivity index (χ1v) is 6.75. The number of hydrogen-bond acceptors (Lipinski definition) is 4. The molecule has 1 aliphatic heterocycles. The Bertz CT molecular complexity index is 615. The van der Waals surface area contributed by atoms with Crippen molar-refractivity contribution in [2.24, 2.45) is 4.99 Å². The molecular formula is C15H14ClN3O. The second kappa shape index (κ2) is 5.23. The molecule has 2 heterocycles. The van der Waals surface area contributed by atoms with Crippen molar-refractivity contribution in [2.75, 3.05) is 13.1 Å². The minimum absolute atomic E-state index is 0.565. The minimum atomic E-state index is -1.33. The van der Waals surface area contributed by atoms with Crippen molar-refractivity contribution in [3.8, 4) is 0 Å². The highest BCUT2D eigenvalue weighted by Gasteiger charge is 2.39. The van der Waals surface area contributed by atoms with Crippen LogP contribution in [0.3, 0.4) is 0 Å². The maximum Gasteiger partial charge on any atom is 0.209 e. The third-order valence-electron chi connectivity index (χ3n) is 3.38. The molecule has 1 aromatic carbocycles. The van der Waals surface area contributed by atoms with Crippen molar-refractivity contribution in [2.45, 2.75) is 5.72 Å². The molecule has 0 radical (unpaired) electrons. The van der Waals surface area contributed by atoms with Crippen LogP contribution in [0.1, 0.15) is 11.3 Å². The van der Waals surface area contributed by atoms with E-state index in [4.69, 9.17) is 11.6 Å². The summed E-state index contributed by atoms with van der Waals surface area (Å²) in [4.78, 5) is 10.3. The lowest BCUT2D eigenvalue weighted by atomic mass is 9.97. The van der Waals surface area contributed by atoms with Crippen molar-refractivity contribution < 1.29 is 5.11 Å². The summed E-state index contributed by atoms with van der Waals surface area (Å²) in [7, 11) is 0. The molecule has 0 saturated carbocycles. The summed E-state index contributed by atoms with van der Waals surface area (Å²) in [6.45, 7) is 1.32. The fourth-order valence-electron chi connectivity index (χ4n) is 2.34. The van der Waals surface area contributed by atoms with Crippen molar-refractivity contribution in [3.63, 3.8) is 0 Å². The normalized spacial score (nSPS) is 17.2. The molecule has 1 aromatic heterocycles. The lowest BCUT2D eigenvalue weighted by Crippen LogP contribution is -2.46. The average Bonchev–Trinajstić information content (AvgIpc) is 3.03. The van der Waals surface area contributed by atoms with E-state index < -0.39 is 5.72 Å². The summed E-state index contributed by atoms with van der Waals surface area (Å²) in [6.07, 6.45) is 3.34. The van der Waals surface area contributed by atoms with E-state index in [0.717, 1.165) is 0 Å². The quantitative estimate of drug-likeness (QED) is 0.942. The largest absolute Gasteiger partial charge is 0.362 e. The lowest BCUT2D eigenvalue weighted by Gasteiger charge is -2.36. The number of pyridine rings is 1. The van der Waals surface area contributed by atoms with Crippen LogP contribution in [-0.4, -0.2) is 34.4 Å². The van der Waals surface area contributed by atoms with Gasteiger partial charge in [0.1, 0.15) is 0 Å². The average molecular weight is 288 g/mol. The van der Waals surface area contributed by atoms with Gasteiger partial charge < -0.3 is 10.0 Å². The van der Waals surface area contributed by atoms with E-state index in [1.807, 2.05) is 24.3 Å². The smallest absolute Gasteiger partial charge is 0.209 e. The van der Waals surface area contributed by atoms with Gasteiger partial charge in [-0.25, -0.2) is 0 Å². The van der Waals surface area contributed by atoms with Crippen molar-refractivity contribution >= 4 is 17.9 Å². The zero-order valence-electron chi connectivity index (χ0n) is 10.8. The van der Waals surface area contributed by atoms with Gasteiger partial charge in [0, 0.05) is 23.3 Å². The molecule has 4 nitrogen and oxygen atoms in total. The maximum atomic E-state index is 11.3. The van der Waals surface area contributed by atoms with Gasteiger partial charge in [-0.05, 0) is 24.3 Å². The topological polar surface area (TPSA) is 48.7 Å². The molecule has 0 bridgehead atoms. The van der Waals surface area contributed by atoms with Crippen molar-refractivity contribution in [1.29, 1.82) is 0 Å². The molecule has 1 N–H and O–H groups in total. The third kappa shape index (κ3) is 2.17. The zero-order valence-corrected chi connectivity index (χ0v) is 11.5. The van der Waals surface area contributed by atoms with Gasteiger partial charge in [0.2, 0.25) is 5.72 Å². The number of hydrogen-bond donors (Lipinski definition) is 1. The number of rotatable bonds is 3. The number of aromatic nitrogens is 1. The highest BCUT2D eigenvalue weighted by Crippen LogP contribution is 2.32. The molecule has 0 spiro atoms. The number of benzene rings is 1. The van der Waals surface area contributed by atoms with Gasteiger partial charge in [-0.15, -0.1) is 0 Å². The highest BCUT2D eigenvalue weighted by atomic mass is 35.5. The van der Waals surface area contributed by atoms with E-state index in [9.17, 15) is 5.11 Å². The molecule has 1 unspecified atom stereocenters. The molecular weight excluding hydrogens is 274 g/mol. The predicted octanol–water partition coefficient (Wildman–Crippen LogP) is 2.27. The van der Waals surface area contributed by atoms with Gasteiger partial charge in [-0.3, -0.25) is 9.98 Å². The Hall–Kier alpha value is -1.91. The predicted molar refractivity (Wildman–Crippen MR) is 78.8 cm³/mol. The van der Waals surface area contributed by atoms with E-state index in [0.29, 0.717) is 29.4 Å². The van der Waals surface area contributed by atoms with E-state index >= 15 is 0 Å². The lowest BCUT2D eigenvalue weighted by molar-refractivity contribution is -0.0332. The summed E-state index contributed by atoms with van der Waals surface area (Å²) in [6, 6.07) is 12.6. The Kier molecular flexibility index (Phi) is 3.42. The van der Waals surface area contributed by atoms with Crippen LogP contribution in [0.5, 0.6) is 0 Å². The maximum absolute atomic E-state index is 11.3. The fraction of sp³-hybridized carbons (Fsp3) is 0.200. The third-order valence-corrected chi connectivity index (χ3v) is 3.63.